The lowest BCUT2D eigenvalue weighted by atomic mass is 10.00. The molecule has 3 aromatic carbocycles. The van der Waals surface area contributed by atoms with Crippen LogP contribution in [0.5, 0.6) is 5.75 Å². The minimum absolute atomic E-state index is 0.181. The van der Waals surface area contributed by atoms with Crippen LogP contribution in [-0.4, -0.2) is 34.9 Å². The molecule has 1 atom stereocenters. The molecular weight excluding hydrogens is 540 g/mol. The summed E-state index contributed by atoms with van der Waals surface area (Å²) >= 11 is 3.58. The standard InChI is InChI=1S/C32H39BrN2O3/c1-22(2)25-16-17-29(27(33)19-25)38-21-30(36)35(20-26-15-11-10-12-23(26)3)28(31(37)34-32(4,5)6)18-24-13-8-7-9-14-24/h7-17,19,22,28H,18,20-21H2,1-6H3,(H,34,37). The van der Waals surface area contributed by atoms with Crippen molar-refractivity contribution in [2.24, 2.45) is 0 Å². The summed E-state index contributed by atoms with van der Waals surface area (Å²) in [6.07, 6.45) is 0.396. The van der Waals surface area contributed by atoms with Crippen LogP contribution in [0, 0.1) is 6.92 Å². The van der Waals surface area contributed by atoms with Crippen LogP contribution in [-0.2, 0) is 22.6 Å². The Labute approximate surface area is 235 Å². The van der Waals surface area contributed by atoms with Crippen LogP contribution in [0.3, 0.4) is 0 Å². The van der Waals surface area contributed by atoms with Crippen LogP contribution in [0.15, 0.2) is 77.3 Å². The Morgan fingerprint density at radius 3 is 2.24 bits per heavy atom. The first-order chi connectivity index (χ1) is 17.9. The average Bonchev–Trinajstić information content (AvgIpc) is 2.85. The molecule has 2 amide bonds. The molecule has 0 saturated carbocycles. The molecule has 202 valence electrons. The molecule has 3 rings (SSSR count). The van der Waals surface area contributed by atoms with Crippen LogP contribution in [0.1, 0.15) is 62.8 Å². The van der Waals surface area contributed by atoms with Gasteiger partial charge in [-0.3, -0.25) is 9.59 Å². The first-order valence-corrected chi connectivity index (χ1v) is 13.9. The minimum Gasteiger partial charge on any atom is -0.483 e. The van der Waals surface area contributed by atoms with Crippen molar-refractivity contribution in [3.05, 3.63) is 99.5 Å². The van der Waals surface area contributed by atoms with Crippen molar-refractivity contribution in [3.8, 4) is 5.75 Å². The van der Waals surface area contributed by atoms with Crippen LogP contribution >= 0.6 is 15.9 Å². The van der Waals surface area contributed by atoms with Gasteiger partial charge in [-0.25, -0.2) is 0 Å². The van der Waals surface area contributed by atoms with E-state index < -0.39 is 11.6 Å². The Hall–Kier alpha value is -3.12. The number of halogens is 1. The number of aryl methyl sites for hydroxylation is 1. The fraction of sp³-hybridized carbons (Fsp3) is 0.375. The lowest BCUT2D eigenvalue weighted by Gasteiger charge is -2.34. The van der Waals surface area contributed by atoms with Gasteiger partial charge in [0.1, 0.15) is 11.8 Å². The Bertz CT molecular complexity index is 1230. The molecule has 0 fully saturated rings. The average molecular weight is 580 g/mol. The maximum absolute atomic E-state index is 13.8. The van der Waals surface area contributed by atoms with Gasteiger partial charge in [0, 0.05) is 18.5 Å². The van der Waals surface area contributed by atoms with Crippen molar-refractivity contribution in [3.63, 3.8) is 0 Å². The van der Waals surface area contributed by atoms with E-state index in [1.54, 1.807) is 4.90 Å². The van der Waals surface area contributed by atoms with E-state index in [4.69, 9.17) is 4.74 Å². The Balaban J connectivity index is 1.94. The number of benzene rings is 3. The van der Waals surface area contributed by atoms with Crippen molar-refractivity contribution in [1.29, 1.82) is 0 Å². The molecule has 1 N–H and O–H groups in total. The van der Waals surface area contributed by atoms with Gasteiger partial charge in [0.15, 0.2) is 6.61 Å². The third kappa shape index (κ3) is 8.45. The van der Waals surface area contributed by atoms with Crippen LogP contribution in [0.2, 0.25) is 0 Å². The van der Waals surface area contributed by atoms with Crippen molar-refractivity contribution >= 4 is 27.7 Å². The van der Waals surface area contributed by atoms with E-state index >= 15 is 0 Å². The largest absolute Gasteiger partial charge is 0.483 e. The highest BCUT2D eigenvalue weighted by Gasteiger charge is 2.32. The predicted octanol–water partition coefficient (Wildman–Crippen LogP) is 6.81. The number of nitrogens with one attached hydrogen (secondary N) is 1. The highest BCUT2D eigenvalue weighted by atomic mass is 79.9. The third-order valence-electron chi connectivity index (χ3n) is 6.34. The lowest BCUT2D eigenvalue weighted by molar-refractivity contribution is -0.143. The summed E-state index contributed by atoms with van der Waals surface area (Å²) in [6, 6.07) is 22.9. The van der Waals surface area contributed by atoms with Gasteiger partial charge in [-0.15, -0.1) is 0 Å². The molecule has 6 heteroatoms. The number of rotatable bonds is 10. The zero-order valence-corrected chi connectivity index (χ0v) is 24.8. The summed E-state index contributed by atoms with van der Waals surface area (Å²) in [7, 11) is 0. The minimum atomic E-state index is -0.709. The molecule has 0 aliphatic carbocycles. The summed E-state index contributed by atoms with van der Waals surface area (Å²) in [5.74, 6) is 0.535. The maximum Gasteiger partial charge on any atom is 0.261 e. The second-order valence-corrected chi connectivity index (χ2v) is 11.9. The first kappa shape index (κ1) is 29.4. The SMILES string of the molecule is Cc1ccccc1CN(C(=O)COc1ccc(C(C)C)cc1Br)C(Cc1ccccc1)C(=O)NC(C)(C)C. The number of nitrogens with zero attached hydrogens (tertiary/aromatic N) is 1. The molecule has 0 aliphatic heterocycles. The number of carbonyl (C=O) groups excluding carboxylic acids is 2. The van der Waals surface area contributed by atoms with Crippen molar-refractivity contribution in [2.45, 2.75) is 72.0 Å². The molecule has 0 aromatic heterocycles. The van der Waals surface area contributed by atoms with Gasteiger partial charge >= 0.3 is 0 Å². The molecule has 0 bridgehead atoms. The van der Waals surface area contributed by atoms with Crippen molar-refractivity contribution in [2.75, 3.05) is 6.61 Å². The monoisotopic (exact) mass is 578 g/mol. The number of amides is 2. The second kappa shape index (κ2) is 13.1. The molecule has 3 aromatic rings. The fourth-order valence-electron chi connectivity index (χ4n) is 4.19. The molecule has 38 heavy (non-hydrogen) atoms. The van der Waals surface area contributed by atoms with Crippen LogP contribution in [0.25, 0.3) is 0 Å². The molecule has 0 heterocycles. The highest BCUT2D eigenvalue weighted by molar-refractivity contribution is 9.10. The topological polar surface area (TPSA) is 58.6 Å². The smallest absolute Gasteiger partial charge is 0.261 e. The van der Waals surface area contributed by atoms with E-state index in [2.05, 4.69) is 35.1 Å². The Morgan fingerprint density at radius 2 is 1.63 bits per heavy atom. The Morgan fingerprint density at radius 1 is 0.974 bits per heavy atom. The molecular formula is C32H39BrN2O3. The van der Waals surface area contributed by atoms with Gasteiger partial charge in [-0.05, 0) is 83.9 Å². The van der Waals surface area contributed by atoms with Gasteiger partial charge < -0.3 is 15.0 Å². The molecule has 0 spiro atoms. The maximum atomic E-state index is 13.8. The summed E-state index contributed by atoms with van der Waals surface area (Å²) in [4.78, 5) is 29.1. The number of ether oxygens (including phenoxy) is 1. The summed E-state index contributed by atoms with van der Waals surface area (Å²) in [6.45, 7) is 12.2. The Kier molecular flexibility index (Phi) is 10.1. The quantitative estimate of drug-likeness (QED) is 0.287. The van der Waals surface area contributed by atoms with Crippen LogP contribution < -0.4 is 10.1 Å². The summed E-state index contributed by atoms with van der Waals surface area (Å²) in [5, 5.41) is 3.09. The normalized spacial score (nSPS) is 12.2. The zero-order valence-electron chi connectivity index (χ0n) is 23.3. The first-order valence-electron chi connectivity index (χ1n) is 13.1. The fourth-order valence-corrected chi connectivity index (χ4v) is 4.70. The van der Waals surface area contributed by atoms with Crippen molar-refractivity contribution < 1.29 is 14.3 Å². The van der Waals surface area contributed by atoms with E-state index in [0.717, 1.165) is 21.2 Å². The van der Waals surface area contributed by atoms with Crippen LogP contribution in [0.4, 0.5) is 0 Å². The van der Waals surface area contributed by atoms with Gasteiger partial charge in [0.25, 0.3) is 5.91 Å². The number of hydrogen-bond donors (Lipinski definition) is 1. The molecule has 0 radical (unpaired) electrons. The van der Waals surface area contributed by atoms with E-state index in [-0.39, 0.29) is 18.4 Å². The van der Waals surface area contributed by atoms with Gasteiger partial charge in [0.05, 0.1) is 4.47 Å². The third-order valence-corrected chi connectivity index (χ3v) is 6.96. The van der Waals surface area contributed by atoms with E-state index in [1.165, 1.54) is 5.56 Å². The predicted molar refractivity (Wildman–Crippen MR) is 157 cm³/mol. The molecule has 0 aliphatic rings. The molecule has 1 unspecified atom stereocenters. The lowest BCUT2D eigenvalue weighted by Crippen LogP contribution is -2.55. The van der Waals surface area contributed by atoms with Gasteiger partial charge in [0.2, 0.25) is 5.91 Å². The van der Waals surface area contributed by atoms with Gasteiger partial charge in [-0.2, -0.15) is 0 Å². The van der Waals surface area contributed by atoms with Gasteiger partial charge in [-0.1, -0.05) is 74.5 Å². The summed E-state index contributed by atoms with van der Waals surface area (Å²) in [5.41, 5.74) is 3.77. The van der Waals surface area contributed by atoms with E-state index in [0.29, 0.717) is 24.6 Å². The number of carbonyl (C=O) groups is 2. The summed E-state index contributed by atoms with van der Waals surface area (Å²) < 4.78 is 6.79. The zero-order chi connectivity index (χ0) is 27.9. The molecule has 0 saturated heterocycles. The van der Waals surface area contributed by atoms with Crippen molar-refractivity contribution in [1.82, 2.24) is 10.2 Å². The number of hydrogen-bond acceptors (Lipinski definition) is 3. The van der Waals surface area contributed by atoms with E-state index in [9.17, 15) is 9.59 Å². The molecule has 5 nitrogen and oxygen atoms in total. The van der Waals surface area contributed by atoms with E-state index in [1.807, 2.05) is 100 Å². The second-order valence-electron chi connectivity index (χ2n) is 11.0. The highest BCUT2D eigenvalue weighted by Crippen LogP contribution is 2.29.